The van der Waals surface area contributed by atoms with Gasteiger partial charge < -0.3 is 4.90 Å². The Morgan fingerprint density at radius 3 is 2.62 bits per heavy atom. The highest BCUT2D eigenvalue weighted by atomic mass is 35.5. The molecule has 0 aliphatic rings. The second-order valence-electron chi connectivity index (χ2n) is 5.36. The van der Waals surface area contributed by atoms with Crippen LogP contribution in [0.15, 0.2) is 48.5 Å². The predicted molar refractivity (Wildman–Crippen MR) is 87.9 cm³/mol. The summed E-state index contributed by atoms with van der Waals surface area (Å²) >= 11 is 5.98. The second kappa shape index (κ2) is 7.39. The molecule has 0 unspecified atom stereocenters. The fourth-order valence-electron chi connectivity index (χ4n) is 2.34. The first kappa shape index (κ1) is 15.7. The number of carbonyl (C=O) groups excluding carboxylic acids is 1. The van der Waals surface area contributed by atoms with Gasteiger partial charge in [-0.2, -0.15) is 0 Å². The Bertz CT molecular complexity index is 624. The van der Waals surface area contributed by atoms with E-state index < -0.39 is 0 Å². The van der Waals surface area contributed by atoms with Gasteiger partial charge in [-0.15, -0.1) is 0 Å². The molecule has 2 rings (SSSR count). The maximum atomic E-state index is 12.2. The maximum absolute atomic E-state index is 12.2. The van der Waals surface area contributed by atoms with E-state index in [2.05, 4.69) is 4.90 Å². The number of halogens is 1. The van der Waals surface area contributed by atoms with E-state index in [-0.39, 0.29) is 5.78 Å². The summed E-state index contributed by atoms with van der Waals surface area (Å²) in [5.41, 5.74) is 3.03. The van der Waals surface area contributed by atoms with Crippen LogP contribution in [0.1, 0.15) is 27.9 Å². The number of Topliss-reactive ketones (excluding diaryl/α,β-unsaturated/α-hetero) is 1. The van der Waals surface area contributed by atoms with Gasteiger partial charge in [-0.1, -0.05) is 48.0 Å². The summed E-state index contributed by atoms with van der Waals surface area (Å²) in [6.45, 7) is 3.50. The highest BCUT2D eigenvalue weighted by Crippen LogP contribution is 2.13. The molecule has 0 fully saturated rings. The van der Waals surface area contributed by atoms with E-state index in [0.29, 0.717) is 6.42 Å². The molecule has 2 nitrogen and oxygen atoms in total. The van der Waals surface area contributed by atoms with Gasteiger partial charge >= 0.3 is 0 Å². The Balaban J connectivity index is 1.88. The van der Waals surface area contributed by atoms with Crippen molar-refractivity contribution in [3.8, 4) is 0 Å². The van der Waals surface area contributed by atoms with Crippen molar-refractivity contribution in [3.63, 3.8) is 0 Å². The smallest absolute Gasteiger partial charge is 0.164 e. The molecular weight excluding hydrogens is 282 g/mol. The van der Waals surface area contributed by atoms with Crippen LogP contribution in [0.5, 0.6) is 0 Å². The van der Waals surface area contributed by atoms with E-state index in [9.17, 15) is 4.79 Å². The molecule has 0 bridgehead atoms. The molecule has 21 heavy (non-hydrogen) atoms. The molecule has 3 heteroatoms. The van der Waals surface area contributed by atoms with Crippen molar-refractivity contribution in [2.24, 2.45) is 0 Å². The zero-order valence-corrected chi connectivity index (χ0v) is 13.2. The van der Waals surface area contributed by atoms with Gasteiger partial charge in [0.15, 0.2) is 5.78 Å². The molecule has 0 atom stereocenters. The Hall–Kier alpha value is -1.64. The van der Waals surface area contributed by atoms with Gasteiger partial charge in [-0.3, -0.25) is 4.79 Å². The number of rotatable bonds is 6. The Morgan fingerprint density at radius 2 is 1.90 bits per heavy atom. The van der Waals surface area contributed by atoms with E-state index >= 15 is 0 Å². The normalized spacial score (nSPS) is 10.9. The minimum absolute atomic E-state index is 0.200. The van der Waals surface area contributed by atoms with Crippen molar-refractivity contribution in [2.75, 3.05) is 13.6 Å². The van der Waals surface area contributed by atoms with Gasteiger partial charge in [-0.25, -0.2) is 0 Å². The molecule has 0 spiro atoms. The Kier molecular flexibility index (Phi) is 5.54. The first-order valence-electron chi connectivity index (χ1n) is 7.08. The van der Waals surface area contributed by atoms with Gasteiger partial charge in [-0.05, 0) is 37.2 Å². The van der Waals surface area contributed by atoms with Gasteiger partial charge in [0.05, 0.1) is 0 Å². The fraction of sp³-hybridized carbons (Fsp3) is 0.278. The lowest BCUT2D eigenvalue weighted by molar-refractivity contribution is 0.0967. The van der Waals surface area contributed by atoms with Gasteiger partial charge in [0.2, 0.25) is 0 Å². The first-order chi connectivity index (χ1) is 10.1. The molecule has 0 aliphatic heterocycles. The SMILES string of the molecule is Cc1ccccc1C(=O)CCN(C)Cc1cccc(Cl)c1. The van der Waals surface area contributed by atoms with E-state index in [0.717, 1.165) is 34.8 Å². The zero-order chi connectivity index (χ0) is 15.2. The van der Waals surface area contributed by atoms with Gasteiger partial charge in [0, 0.05) is 30.1 Å². The van der Waals surface area contributed by atoms with Crippen molar-refractivity contribution < 1.29 is 4.79 Å². The number of aryl methyl sites for hydroxylation is 1. The number of benzene rings is 2. The number of nitrogens with zero attached hydrogens (tertiary/aromatic N) is 1. The van der Waals surface area contributed by atoms with Crippen LogP contribution in [-0.2, 0) is 6.54 Å². The molecule has 0 saturated heterocycles. The summed E-state index contributed by atoms with van der Waals surface area (Å²) in [6.07, 6.45) is 0.530. The number of ketones is 1. The highest BCUT2D eigenvalue weighted by molar-refractivity contribution is 6.30. The van der Waals surface area contributed by atoms with Gasteiger partial charge in [0.25, 0.3) is 0 Å². The van der Waals surface area contributed by atoms with E-state index in [4.69, 9.17) is 11.6 Å². The van der Waals surface area contributed by atoms with Crippen LogP contribution in [0, 0.1) is 6.92 Å². The third kappa shape index (κ3) is 4.69. The predicted octanol–water partition coefficient (Wildman–Crippen LogP) is 4.35. The van der Waals surface area contributed by atoms with Crippen LogP contribution in [0.4, 0.5) is 0 Å². The molecule has 0 heterocycles. The summed E-state index contributed by atoms with van der Waals surface area (Å²) in [5.74, 6) is 0.200. The largest absolute Gasteiger partial charge is 0.302 e. The molecule has 0 amide bonds. The molecule has 2 aromatic carbocycles. The van der Waals surface area contributed by atoms with Crippen molar-refractivity contribution in [1.82, 2.24) is 4.90 Å². The summed E-state index contributed by atoms with van der Waals surface area (Å²) in [6, 6.07) is 15.6. The third-order valence-electron chi connectivity index (χ3n) is 3.51. The van der Waals surface area contributed by atoms with E-state index in [1.165, 1.54) is 0 Å². The standard InChI is InChI=1S/C18H20ClNO/c1-14-6-3-4-9-17(14)18(21)10-11-20(2)13-15-7-5-8-16(19)12-15/h3-9,12H,10-11,13H2,1-2H3. The lowest BCUT2D eigenvalue weighted by Crippen LogP contribution is -2.21. The average Bonchev–Trinajstić information content (AvgIpc) is 2.45. The summed E-state index contributed by atoms with van der Waals surface area (Å²) in [7, 11) is 2.02. The highest BCUT2D eigenvalue weighted by Gasteiger charge is 2.10. The number of hydrogen-bond acceptors (Lipinski definition) is 2. The lowest BCUT2D eigenvalue weighted by atomic mass is 10.0. The van der Waals surface area contributed by atoms with Crippen LogP contribution < -0.4 is 0 Å². The third-order valence-corrected chi connectivity index (χ3v) is 3.74. The van der Waals surface area contributed by atoms with Crippen molar-refractivity contribution in [1.29, 1.82) is 0 Å². The number of carbonyl (C=O) groups is 1. The maximum Gasteiger partial charge on any atom is 0.164 e. The van der Waals surface area contributed by atoms with E-state index in [1.54, 1.807) is 0 Å². The summed E-state index contributed by atoms with van der Waals surface area (Å²) in [5, 5.41) is 0.747. The van der Waals surface area contributed by atoms with Crippen molar-refractivity contribution >= 4 is 17.4 Å². The molecular formula is C18H20ClNO. The minimum Gasteiger partial charge on any atom is -0.302 e. The van der Waals surface area contributed by atoms with E-state index in [1.807, 2.05) is 62.5 Å². The van der Waals surface area contributed by atoms with Crippen LogP contribution in [0.25, 0.3) is 0 Å². The molecule has 110 valence electrons. The average molecular weight is 302 g/mol. The Labute approximate surface area is 131 Å². The Morgan fingerprint density at radius 1 is 1.14 bits per heavy atom. The molecule has 0 aliphatic carbocycles. The minimum atomic E-state index is 0.200. The number of hydrogen-bond donors (Lipinski definition) is 0. The fourth-order valence-corrected chi connectivity index (χ4v) is 2.55. The monoisotopic (exact) mass is 301 g/mol. The quantitative estimate of drug-likeness (QED) is 0.739. The summed E-state index contributed by atoms with van der Waals surface area (Å²) in [4.78, 5) is 14.4. The van der Waals surface area contributed by atoms with Crippen molar-refractivity contribution in [3.05, 3.63) is 70.2 Å². The van der Waals surface area contributed by atoms with Crippen molar-refractivity contribution in [2.45, 2.75) is 19.9 Å². The molecule has 0 saturated carbocycles. The van der Waals surface area contributed by atoms with Gasteiger partial charge in [0.1, 0.15) is 0 Å². The first-order valence-corrected chi connectivity index (χ1v) is 7.46. The summed E-state index contributed by atoms with van der Waals surface area (Å²) < 4.78 is 0. The van der Waals surface area contributed by atoms with Crippen LogP contribution in [-0.4, -0.2) is 24.3 Å². The lowest BCUT2D eigenvalue weighted by Gasteiger charge is -2.16. The van der Waals surface area contributed by atoms with Crippen LogP contribution in [0.3, 0.4) is 0 Å². The molecule has 0 aromatic heterocycles. The zero-order valence-electron chi connectivity index (χ0n) is 12.5. The van der Waals surface area contributed by atoms with Crippen LogP contribution in [0.2, 0.25) is 5.02 Å². The molecule has 0 N–H and O–H groups in total. The molecule has 0 radical (unpaired) electrons. The molecule has 2 aromatic rings. The topological polar surface area (TPSA) is 20.3 Å². The van der Waals surface area contributed by atoms with Crippen LogP contribution >= 0.6 is 11.6 Å². The second-order valence-corrected chi connectivity index (χ2v) is 5.79.